The van der Waals surface area contributed by atoms with Crippen LogP contribution in [0, 0.1) is 0 Å². The first-order valence-corrected chi connectivity index (χ1v) is 4.29. The lowest BCUT2D eigenvalue weighted by Crippen LogP contribution is -2.28. The minimum absolute atomic E-state index is 0.0897. The molecule has 0 saturated carbocycles. The summed E-state index contributed by atoms with van der Waals surface area (Å²) in [6, 6.07) is 0. The monoisotopic (exact) mass is 164 g/mol. The van der Waals surface area contributed by atoms with Crippen molar-refractivity contribution in [3.63, 3.8) is 0 Å². The number of hydrogen-bond donors (Lipinski definition) is 2. The first-order chi connectivity index (χ1) is 4.66. The van der Waals surface area contributed by atoms with Crippen molar-refractivity contribution >= 4 is 16.9 Å². The minimum Gasteiger partial charge on any atom is -0.355 e. The summed E-state index contributed by atoms with van der Waals surface area (Å²) in [6.07, 6.45) is 0. The highest BCUT2D eigenvalue weighted by Gasteiger charge is 1.94. The Hall–Kier alpha value is -0.420. The molecule has 0 fully saturated rings. The first kappa shape index (κ1) is 9.58. The van der Waals surface area contributed by atoms with Gasteiger partial charge in [-0.15, -0.1) is 0 Å². The van der Waals surface area contributed by atoms with Gasteiger partial charge in [0.2, 0.25) is 5.91 Å². The predicted molar refractivity (Wildman–Crippen MR) is 40.8 cm³/mol. The zero-order valence-electron chi connectivity index (χ0n) is 6.14. The topological polar surface area (TPSA) is 58.2 Å². The van der Waals surface area contributed by atoms with Crippen LogP contribution in [0.4, 0.5) is 0 Å². The van der Waals surface area contributed by atoms with E-state index in [1.807, 2.05) is 0 Å². The molecule has 2 N–H and O–H groups in total. The number of hydrogen-bond acceptors (Lipinski definition) is 2. The van der Waals surface area contributed by atoms with Crippen molar-refractivity contribution in [1.82, 2.24) is 10.0 Å². The molecule has 0 bridgehead atoms. The van der Waals surface area contributed by atoms with E-state index in [4.69, 9.17) is 0 Å². The van der Waals surface area contributed by atoms with Crippen LogP contribution < -0.4 is 10.0 Å². The van der Waals surface area contributed by atoms with E-state index in [9.17, 15) is 9.00 Å². The Morgan fingerprint density at radius 1 is 1.60 bits per heavy atom. The molecule has 1 atom stereocenters. The molecule has 0 aromatic carbocycles. The molecule has 5 heteroatoms. The third-order valence-corrected chi connectivity index (χ3v) is 1.92. The molecule has 0 aromatic heterocycles. The molecule has 0 spiro atoms. The van der Waals surface area contributed by atoms with Gasteiger partial charge in [-0.25, -0.2) is 8.93 Å². The summed E-state index contributed by atoms with van der Waals surface area (Å²) in [5.74, 6) is 0.365. The number of carbonyl (C=O) groups is 1. The zero-order chi connectivity index (χ0) is 7.98. The van der Waals surface area contributed by atoms with Gasteiger partial charge in [-0.1, -0.05) is 0 Å². The highest BCUT2D eigenvalue weighted by Crippen LogP contribution is 1.70. The van der Waals surface area contributed by atoms with Gasteiger partial charge in [0.15, 0.2) is 0 Å². The summed E-state index contributed by atoms with van der Waals surface area (Å²) in [4.78, 5) is 10.3. The van der Waals surface area contributed by atoms with Crippen LogP contribution >= 0.6 is 0 Å². The lowest BCUT2D eigenvalue weighted by Gasteiger charge is -1.99. The molecule has 0 saturated heterocycles. The average Bonchev–Trinajstić information content (AvgIpc) is 1.87. The summed E-state index contributed by atoms with van der Waals surface area (Å²) in [6.45, 7) is 1.89. The summed E-state index contributed by atoms with van der Waals surface area (Å²) < 4.78 is 13.2. The van der Waals surface area contributed by atoms with Gasteiger partial charge in [0, 0.05) is 13.5 Å². The van der Waals surface area contributed by atoms with Gasteiger partial charge in [0.25, 0.3) is 0 Å². The summed E-state index contributed by atoms with van der Waals surface area (Å²) >= 11 is 0. The SMILES string of the molecule is CNS(=O)CCNC(C)=O. The fourth-order valence-corrected chi connectivity index (χ4v) is 0.913. The van der Waals surface area contributed by atoms with Gasteiger partial charge in [-0.2, -0.15) is 0 Å². The Kier molecular flexibility index (Phi) is 5.15. The van der Waals surface area contributed by atoms with Crippen molar-refractivity contribution in [2.75, 3.05) is 19.3 Å². The molecule has 0 radical (unpaired) electrons. The van der Waals surface area contributed by atoms with E-state index < -0.39 is 11.0 Å². The number of rotatable bonds is 4. The predicted octanol–water partition coefficient (Wildman–Crippen LogP) is -0.994. The Bertz CT molecular complexity index is 138. The van der Waals surface area contributed by atoms with Crippen molar-refractivity contribution in [3.8, 4) is 0 Å². The normalized spacial score (nSPS) is 12.6. The molecule has 0 rings (SSSR count). The van der Waals surface area contributed by atoms with Crippen LogP contribution in [0.3, 0.4) is 0 Å². The quantitative estimate of drug-likeness (QED) is 0.560. The number of nitrogens with one attached hydrogen (secondary N) is 2. The molecule has 0 aliphatic carbocycles. The molecule has 10 heavy (non-hydrogen) atoms. The standard InChI is InChI=1S/C5H12N2O2S/c1-5(8)7-3-4-10(9)6-2/h6H,3-4H2,1-2H3,(H,7,8). The van der Waals surface area contributed by atoms with E-state index >= 15 is 0 Å². The van der Waals surface area contributed by atoms with Gasteiger partial charge < -0.3 is 5.32 Å². The maximum Gasteiger partial charge on any atom is 0.216 e. The maximum absolute atomic E-state index is 10.6. The molecule has 0 aliphatic heterocycles. The third-order valence-electron chi connectivity index (χ3n) is 0.889. The van der Waals surface area contributed by atoms with E-state index in [0.29, 0.717) is 12.3 Å². The fourth-order valence-electron chi connectivity index (χ4n) is 0.422. The highest BCUT2D eigenvalue weighted by molar-refractivity contribution is 7.83. The van der Waals surface area contributed by atoms with E-state index in [2.05, 4.69) is 10.0 Å². The first-order valence-electron chi connectivity index (χ1n) is 2.97. The van der Waals surface area contributed by atoms with Gasteiger partial charge >= 0.3 is 0 Å². The zero-order valence-corrected chi connectivity index (χ0v) is 6.96. The van der Waals surface area contributed by atoms with Crippen LogP contribution in [0.5, 0.6) is 0 Å². The van der Waals surface area contributed by atoms with Crippen LogP contribution in [-0.4, -0.2) is 29.5 Å². The van der Waals surface area contributed by atoms with Crippen LogP contribution in [0.15, 0.2) is 0 Å². The molecular weight excluding hydrogens is 152 g/mol. The summed E-state index contributed by atoms with van der Waals surface area (Å²) in [5.41, 5.74) is 0. The largest absolute Gasteiger partial charge is 0.355 e. The van der Waals surface area contributed by atoms with Crippen molar-refractivity contribution in [3.05, 3.63) is 0 Å². The lowest BCUT2D eigenvalue weighted by atomic mass is 10.6. The average molecular weight is 164 g/mol. The summed E-state index contributed by atoms with van der Waals surface area (Å²) in [7, 11) is 0.607. The smallest absolute Gasteiger partial charge is 0.216 e. The Labute approximate surface area is 63.0 Å². The Morgan fingerprint density at radius 3 is 2.60 bits per heavy atom. The fraction of sp³-hybridized carbons (Fsp3) is 0.800. The van der Waals surface area contributed by atoms with Crippen molar-refractivity contribution < 1.29 is 9.00 Å². The van der Waals surface area contributed by atoms with Crippen LogP contribution in [-0.2, 0) is 15.8 Å². The van der Waals surface area contributed by atoms with E-state index in [1.165, 1.54) is 6.92 Å². The highest BCUT2D eigenvalue weighted by atomic mass is 32.2. The Morgan fingerprint density at radius 2 is 2.20 bits per heavy atom. The van der Waals surface area contributed by atoms with E-state index in [0.717, 1.165) is 0 Å². The van der Waals surface area contributed by atoms with E-state index in [-0.39, 0.29) is 5.91 Å². The number of amides is 1. The molecule has 4 nitrogen and oxygen atoms in total. The third kappa shape index (κ3) is 5.71. The second-order valence-corrected chi connectivity index (χ2v) is 3.24. The molecule has 0 aromatic rings. The van der Waals surface area contributed by atoms with Crippen LogP contribution in [0.1, 0.15) is 6.92 Å². The Balaban J connectivity index is 3.20. The molecule has 0 aliphatic rings. The van der Waals surface area contributed by atoms with Crippen LogP contribution in [0.2, 0.25) is 0 Å². The molecular formula is C5H12N2O2S. The van der Waals surface area contributed by atoms with Gasteiger partial charge in [-0.3, -0.25) is 4.79 Å². The lowest BCUT2D eigenvalue weighted by molar-refractivity contribution is -0.118. The van der Waals surface area contributed by atoms with Gasteiger partial charge in [0.1, 0.15) is 0 Å². The summed E-state index contributed by atoms with van der Waals surface area (Å²) in [5, 5.41) is 2.54. The molecule has 1 unspecified atom stereocenters. The van der Waals surface area contributed by atoms with E-state index in [1.54, 1.807) is 7.05 Å². The minimum atomic E-state index is -1.01. The molecule has 0 heterocycles. The van der Waals surface area contributed by atoms with Crippen molar-refractivity contribution in [1.29, 1.82) is 0 Å². The second-order valence-electron chi connectivity index (χ2n) is 1.74. The van der Waals surface area contributed by atoms with Crippen molar-refractivity contribution in [2.45, 2.75) is 6.92 Å². The second kappa shape index (κ2) is 5.37. The van der Waals surface area contributed by atoms with Crippen LogP contribution in [0.25, 0.3) is 0 Å². The van der Waals surface area contributed by atoms with Crippen molar-refractivity contribution in [2.24, 2.45) is 0 Å². The number of carbonyl (C=O) groups excluding carboxylic acids is 1. The van der Waals surface area contributed by atoms with Gasteiger partial charge in [-0.05, 0) is 7.05 Å². The molecule has 1 amide bonds. The maximum atomic E-state index is 10.6. The van der Waals surface area contributed by atoms with Gasteiger partial charge in [0.05, 0.1) is 16.7 Å². The molecule has 60 valence electrons.